The zero-order valence-corrected chi connectivity index (χ0v) is 17.2. The Labute approximate surface area is 167 Å². The Balaban J connectivity index is 1.31. The van der Waals surface area contributed by atoms with E-state index in [0.717, 1.165) is 89.2 Å². The minimum Gasteiger partial charge on any atom is -0.381 e. The summed E-state index contributed by atoms with van der Waals surface area (Å²) in [5.74, 6) is 3.28. The number of guanidine groups is 1. The molecule has 3 rings (SSSR count). The second-order valence-corrected chi connectivity index (χ2v) is 7.42. The smallest absolute Gasteiger partial charge is 0.191 e. The maximum Gasteiger partial charge on any atom is 0.191 e. The van der Waals surface area contributed by atoms with E-state index in [1.807, 2.05) is 4.68 Å². The van der Waals surface area contributed by atoms with Crippen LogP contribution < -0.4 is 10.6 Å². The van der Waals surface area contributed by atoms with Crippen molar-refractivity contribution in [2.45, 2.75) is 51.3 Å². The van der Waals surface area contributed by atoms with Gasteiger partial charge in [0, 0.05) is 59.6 Å². The maximum absolute atomic E-state index is 5.82. The molecule has 1 fully saturated rings. The van der Waals surface area contributed by atoms with Gasteiger partial charge >= 0.3 is 0 Å². The number of nitrogens with zero attached hydrogens (tertiary/aromatic N) is 4. The van der Waals surface area contributed by atoms with Crippen LogP contribution in [0.15, 0.2) is 4.99 Å². The lowest BCUT2D eigenvalue weighted by Gasteiger charge is -2.25. The fourth-order valence-corrected chi connectivity index (χ4v) is 3.60. The summed E-state index contributed by atoms with van der Waals surface area (Å²) in [5, 5.41) is 11.4. The molecule has 0 amide bonds. The van der Waals surface area contributed by atoms with Gasteiger partial charge in [0.05, 0.1) is 6.54 Å². The van der Waals surface area contributed by atoms with E-state index in [1.165, 1.54) is 0 Å². The minimum absolute atomic E-state index is 0.292. The van der Waals surface area contributed by atoms with Gasteiger partial charge in [0.15, 0.2) is 11.8 Å². The molecule has 158 valence electrons. The predicted molar refractivity (Wildman–Crippen MR) is 106 cm³/mol. The van der Waals surface area contributed by atoms with Crippen molar-refractivity contribution in [2.24, 2.45) is 10.9 Å². The summed E-state index contributed by atoms with van der Waals surface area (Å²) < 4.78 is 18.3. The lowest BCUT2D eigenvalue weighted by atomic mass is 10.0. The Bertz CT molecular complexity index is 615. The topological polar surface area (TPSA) is 94.8 Å². The fraction of sp³-hybridized carbons (Fsp3) is 0.842. The van der Waals surface area contributed by atoms with Crippen molar-refractivity contribution in [3.63, 3.8) is 0 Å². The first-order valence-corrected chi connectivity index (χ1v) is 10.3. The number of aryl methyl sites for hydroxylation is 1. The van der Waals surface area contributed by atoms with Crippen LogP contribution in [0.25, 0.3) is 0 Å². The van der Waals surface area contributed by atoms with Crippen LogP contribution in [0, 0.1) is 5.92 Å². The molecule has 1 unspecified atom stereocenters. The van der Waals surface area contributed by atoms with Crippen molar-refractivity contribution in [1.29, 1.82) is 0 Å². The molecule has 9 nitrogen and oxygen atoms in total. The predicted octanol–water partition coefficient (Wildman–Crippen LogP) is 0.738. The standard InChI is InChI=1S/C19H34N6O3/c1-20-19(21-8-3-9-28-13-15-6-10-27-11-7-15)22-16-4-5-18-23-17(14-26-2)24-25(18)12-16/h15-16H,3-14H2,1-2H3,(H2,20,21,22). The molecular weight excluding hydrogens is 360 g/mol. The number of rotatable bonds is 9. The third kappa shape index (κ3) is 6.42. The van der Waals surface area contributed by atoms with E-state index >= 15 is 0 Å². The Morgan fingerprint density at radius 2 is 2.18 bits per heavy atom. The molecule has 1 aromatic heterocycles. The SMILES string of the molecule is CN=C(NCCCOCC1CCOCC1)NC1CCc2nc(COC)nn2C1. The molecule has 2 aliphatic heterocycles. The molecule has 0 aromatic carbocycles. The number of aliphatic imine (C=N–C) groups is 1. The van der Waals surface area contributed by atoms with Crippen LogP contribution in [0.4, 0.5) is 0 Å². The third-order valence-corrected chi connectivity index (χ3v) is 5.19. The van der Waals surface area contributed by atoms with Gasteiger partial charge in [-0.15, -0.1) is 0 Å². The number of fused-ring (bicyclic) bond motifs is 1. The van der Waals surface area contributed by atoms with Gasteiger partial charge < -0.3 is 24.8 Å². The van der Waals surface area contributed by atoms with Crippen molar-refractivity contribution in [3.8, 4) is 0 Å². The molecule has 0 aliphatic carbocycles. The van der Waals surface area contributed by atoms with Crippen molar-refractivity contribution in [3.05, 3.63) is 11.6 Å². The van der Waals surface area contributed by atoms with Crippen LogP contribution in [-0.2, 0) is 33.8 Å². The molecule has 1 saturated heterocycles. The quantitative estimate of drug-likeness (QED) is 0.362. The number of hydrogen-bond acceptors (Lipinski definition) is 6. The highest BCUT2D eigenvalue weighted by Crippen LogP contribution is 2.15. The van der Waals surface area contributed by atoms with Crippen molar-refractivity contribution >= 4 is 5.96 Å². The minimum atomic E-state index is 0.292. The lowest BCUT2D eigenvalue weighted by Crippen LogP contribution is -2.47. The molecule has 1 aromatic rings. The van der Waals surface area contributed by atoms with E-state index in [0.29, 0.717) is 18.6 Å². The monoisotopic (exact) mass is 394 g/mol. The number of aromatic nitrogens is 3. The molecule has 28 heavy (non-hydrogen) atoms. The largest absolute Gasteiger partial charge is 0.381 e. The van der Waals surface area contributed by atoms with E-state index < -0.39 is 0 Å². The second kappa shape index (κ2) is 11.3. The van der Waals surface area contributed by atoms with Gasteiger partial charge in [-0.25, -0.2) is 9.67 Å². The number of ether oxygens (including phenoxy) is 3. The molecule has 0 bridgehead atoms. The van der Waals surface area contributed by atoms with Gasteiger partial charge in [-0.05, 0) is 31.6 Å². The van der Waals surface area contributed by atoms with Gasteiger partial charge in [-0.3, -0.25) is 4.99 Å². The third-order valence-electron chi connectivity index (χ3n) is 5.19. The Morgan fingerprint density at radius 1 is 1.32 bits per heavy atom. The summed E-state index contributed by atoms with van der Waals surface area (Å²) >= 11 is 0. The van der Waals surface area contributed by atoms with Crippen LogP contribution in [0.5, 0.6) is 0 Å². The van der Waals surface area contributed by atoms with Crippen LogP contribution in [0.3, 0.4) is 0 Å². The fourth-order valence-electron chi connectivity index (χ4n) is 3.60. The van der Waals surface area contributed by atoms with Gasteiger partial charge in [0.2, 0.25) is 0 Å². The van der Waals surface area contributed by atoms with Crippen molar-refractivity contribution in [1.82, 2.24) is 25.4 Å². The highest BCUT2D eigenvalue weighted by Gasteiger charge is 2.22. The molecule has 3 heterocycles. The maximum atomic E-state index is 5.82. The molecular formula is C19H34N6O3. The van der Waals surface area contributed by atoms with Gasteiger partial charge in [0.25, 0.3) is 0 Å². The average molecular weight is 395 g/mol. The van der Waals surface area contributed by atoms with Gasteiger partial charge in [0.1, 0.15) is 12.4 Å². The second-order valence-electron chi connectivity index (χ2n) is 7.42. The summed E-state index contributed by atoms with van der Waals surface area (Å²) in [4.78, 5) is 8.86. The molecule has 9 heteroatoms. The van der Waals surface area contributed by atoms with Crippen LogP contribution in [0.2, 0.25) is 0 Å². The van der Waals surface area contributed by atoms with E-state index in [2.05, 4.69) is 25.7 Å². The Kier molecular flexibility index (Phi) is 8.50. The Morgan fingerprint density at radius 3 is 2.96 bits per heavy atom. The van der Waals surface area contributed by atoms with Crippen molar-refractivity contribution < 1.29 is 14.2 Å². The van der Waals surface area contributed by atoms with E-state index in [1.54, 1.807) is 14.2 Å². The molecule has 2 N–H and O–H groups in total. The van der Waals surface area contributed by atoms with Crippen LogP contribution in [0.1, 0.15) is 37.3 Å². The summed E-state index contributed by atoms with van der Waals surface area (Å²) in [6, 6.07) is 0.292. The average Bonchev–Trinajstić information content (AvgIpc) is 3.12. The first kappa shape index (κ1) is 21.0. The van der Waals surface area contributed by atoms with Crippen LogP contribution >= 0.6 is 0 Å². The van der Waals surface area contributed by atoms with E-state index in [9.17, 15) is 0 Å². The number of methoxy groups -OCH3 is 1. The molecule has 0 saturated carbocycles. The number of nitrogens with one attached hydrogen (secondary N) is 2. The van der Waals surface area contributed by atoms with Gasteiger partial charge in [-0.1, -0.05) is 0 Å². The van der Waals surface area contributed by atoms with E-state index in [-0.39, 0.29) is 0 Å². The highest BCUT2D eigenvalue weighted by molar-refractivity contribution is 5.79. The molecule has 1 atom stereocenters. The Hall–Kier alpha value is -1.71. The summed E-state index contributed by atoms with van der Waals surface area (Å²) in [6.45, 7) is 5.47. The summed E-state index contributed by atoms with van der Waals surface area (Å²) in [6.07, 6.45) is 5.13. The van der Waals surface area contributed by atoms with Gasteiger partial charge in [-0.2, -0.15) is 5.10 Å². The summed E-state index contributed by atoms with van der Waals surface area (Å²) in [7, 11) is 3.47. The molecule has 0 spiro atoms. The summed E-state index contributed by atoms with van der Waals surface area (Å²) in [5.41, 5.74) is 0. The molecule has 2 aliphatic rings. The highest BCUT2D eigenvalue weighted by atomic mass is 16.5. The first-order chi connectivity index (χ1) is 13.8. The zero-order chi connectivity index (χ0) is 19.6. The van der Waals surface area contributed by atoms with Crippen LogP contribution in [-0.4, -0.2) is 73.9 Å². The van der Waals surface area contributed by atoms with Crippen molar-refractivity contribution in [2.75, 3.05) is 47.1 Å². The molecule has 0 radical (unpaired) electrons. The lowest BCUT2D eigenvalue weighted by molar-refractivity contribution is 0.0203. The normalized spacial score (nSPS) is 20.8. The first-order valence-electron chi connectivity index (χ1n) is 10.3. The van der Waals surface area contributed by atoms with E-state index in [4.69, 9.17) is 14.2 Å². The number of hydrogen-bond donors (Lipinski definition) is 2. The zero-order valence-electron chi connectivity index (χ0n) is 17.2.